The molecule has 2 rings (SSSR count). The third-order valence-corrected chi connectivity index (χ3v) is 4.14. The molecule has 0 spiro atoms. The molecule has 2 N–H and O–H groups in total. The Balaban J connectivity index is 1.98. The molecule has 0 aliphatic carbocycles. The number of unbranched alkanes of at least 4 members (excludes halogenated alkanes) is 2. The number of hydrogen-bond acceptors (Lipinski definition) is 2. The van der Waals surface area contributed by atoms with Crippen LogP contribution in [0.3, 0.4) is 0 Å². The summed E-state index contributed by atoms with van der Waals surface area (Å²) in [6, 6.07) is 13.0. The van der Waals surface area contributed by atoms with Gasteiger partial charge in [0.2, 0.25) is 5.91 Å². The Morgan fingerprint density at radius 2 is 1.81 bits per heavy atom. The molecule has 2 aromatic rings. The van der Waals surface area contributed by atoms with E-state index in [2.05, 4.69) is 24.4 Å². The van der Waals surface area contributed by atoms with Gasteiger partial charge in [-0.25, -0.2) is 4.79 Å². The molecule has 4 nitrogen and oxygen atoms in total. The zero-order valence-corrected chi connectivity index (χ0v) is 15.3. The van der Waals surface area contributed by atoms with Gasteiger partial charge in [-0.1, -0.05) is 55.7 Å². The molecule has 2 aromatic carbocycles. The van der Waals surface area contributed by atoms with Crippen LogP contribution in [0, 0.1) is 6.92 Å². The van der Waals surface area contributed by atoms with Crippen LogP contribution >= 0.6 is 0 Å². The van der Waals surface area contributed by atoms with Crippen molar-refractivity contribution in [2.75, 3.05) is 5.32 Å². The van der Waals surface area contributed by atoms with Gasteiger partial charge in [0.1, 0.15) is 0 Å². The topological polar surface area (TPSA) is 66.4 Å². The lowest BCUT2D eigenvalue weighted by Gasteiger charge is -2.07. The maximum Gasteiger partial charge on any atom is 0.337 e. The molecule has 0 radical (unpaired) electrons. The van der Waals surface area contributed by atoms with Crippen LogP contribution in [-0.2, 0) is 11.2 Å². The molecule has 0 aliphatic rings. The zero-order valence-electron chi connectivity index (χ0n) is 15.3. The average Bonchev–Trinajstić information content (AvgIpc) is 2.62. The van der Waals surface area contributed by atoms with E-state index in [1.54, 1.807) is 24.3 Å². The number of anilines is 1. The fourth-order valence-corrected chi connectivity index (χ4v) is 2.66. The van der Waals surface area contributed by atoms with E-state index in [1.165, 1.54) is 30.9 Å². The lowest BCUT2D eigenvalue weighted by molar-refractivity contribution is -0.111. The first-order valence-electron chi connectivity index (χ1n) is 8.91. The standard InChI is InChI=1S/C22H25NO3/c1-3-4-5-6-17-8-10-18(11-9-17)12-14-21(24)23-20-13-7-16(2)15-19(20)22(25)26/h7-15H,3-6H2,1-2H3,(H,23,24)(H,25,26). The van der Waals surface area contributed by atoms with Crippen LogP contribution in [0.2, 0.25) is 0 Å². The highest BCUT2D eigenvalue weighted by Gasteiger charge is 2.11. The highest BCUT2D eigenvalue weighted by Crippen LogP contribution is 2.17. The fraction of sp³-hybridized carbons (Fsp3) is 0.273. The third kappa shape index (κ3) is 5.88. The number of benzene rings is 2. The van der Waals surface area contributed by atoms with Gasteiger partial charge in [-0.3, -0.25) is 4.79 Å². The normalized spacial score (nSPS) is 10.8. The van der Waals surface area contributed by atoms with Crippen molar-refractivity contribution < 1.29 is 14.7 Å². The second-order valence-electron chi connectivity index (χ2n) is 6.38. The molecule has 0 aliphatic heterocycles. The molecule has 0 saturated heterocycles. The molecule has 0 atom stereocenters. The van der Waals surface area contributed by atoms with Crippen molar-refractivity contribution in [2.45, 2.75) is 39.5 Å². The summed E-state index contributed by atoms with van der Waals surface area (Å²) >= 11 is 0. The molecule has 0 heterocycles. The quantitative estimate of drug-likeness (QED) is 0.515. The van der Waals surface area contributed by atoms with Crippen LogP contribution in [0.5, 0.6) is 0 Å². The molecule has 1 amide bonds. The highest BCUT2D eigenvalue weighted by atomic mass is 16.4. The van der Waals surface area contributed by atoms with Gasteiger partial charge < -0.3 is 10.4 Å². The van der Waals surface area contributed by atoms with Crippen molar-refractivity contribution in [3.05, 3.63) is 70.8 Å². The number of rotatable bonds is 8. The number of carbonyl (C=O) groups excluding carboxylic acids is 1. The minimum atomic E-state index is -1.06. The van der Waals surface area contributed by atoms with E-state index in [4.69, 9.17) is 0 Å². The number of amides is 1. The number of hydrogen-bond donors (Lipinski definition) is 2. The largest absolute Gasteiger partial charge is 0.478 e. The Morgan fingerprint density at radius 1 is 1.08 bits per heavy atom. The molecule has 0 bridgehead atoms. The first kappa shape index (κ1) is 19.4. The Kier molecular flexibility index (Phi) is 7.15. The number of aryl methyl sites for hydroxylation is 2. The smallest absolute Gasteiger partial charge is 0.337 e. The summed E-state index contributed by atoms with van der Waals surface area (Å²) < 4.78 is 0. The van der Waals surface area contributed by atoms with Crippen LogP contribution in [0.25, 0.3) is 6.08 Å². The highest BCUT2D eigenvalue weighted by molar-refractivity contribution is 6.06. The molecular weight excluding hydrogens is 326 g/mol. The molecule has 136 valence electrons. The molecule has 0 fully saturated rings. The molecule has 4 heteroatoms. The van der Waals surface area contributed by atoms with E-state index in [0.29, 0.717) is 5.69 Å². The van der Waals surface area contributed by atoms with E-state index < -0.39 is 5.97 Å². The Morgan fingerprint density at radius 3 is 2.46 bits per heavy atom. The summed E-state index contributed by atoms with van der Waals surface area (Å²) in [6.07, 6.45) is 7.84. The summed E-state index contributed by atoms with van der Waals surface area (Å²) in [4.78, 5) is 23.4. The second kappa shape index (κ2) is 9.56. The summed E-state index contributed by atoms with van der Waals surface area (Å²) in [5, 5.41) is 11.9. The SMILES string of the molecule is CCCCCc1ccc(C=CC(=O)Nc2ccc(C)cc2C(=O)O)cc1. The van der Waals surface area contributed by atoms with Crippen LogP contribution in [-0.4, -0.2) is 17.0 Å². The number of nitrogens with one attached hydrogen (secondary N) is 1. The van der Waals surface area contributed by atoms with Gasteiger partial charge in [0.25, 0.3) is 0 Å². The Bertz CT molecular complexity index is 792. The molecule has 0 aromatic heterocycles. The van der Waals surface area contributed by atoms with Gasteiger partial charge >= 0.3 is 5.97 Å². The lowest BCUT2D eigenvalue weighted by Crippen LogP contribution is -2.12. The van der Waals surface area contributed by atoms with Crippen molar-refractivity contribution in [3.8, 4) is 0 Å². The first-order chi connectivity index (χ1) is 12.5. The van der Waals surface area contributed by atoms with Gasteiger partial charge in [-0.15, -0.1) is 0 Å². The number of aromatic carboxylic acids is 1. The Hall–Kier alpha value is -2.88. The summed E-state index contributed by atoms with van der Waals surface area (Å²) in [7, 11) is 0. The van der Waals surface area contributed by atoms with Gasteiger partial charge in [0.05, 0.1) is 11.3 Å². The summed E-state index contributed by atoms with van der Waals surface area (Å²) in [5.41, 5.74) is 3.44. The number of carboxylic acid groups (broad SMARTS) is 1. The van der Waals surface area contributed by atoms with E-state index in [0.717, 1.165) is 17.5 Å². The minimum absolute atomic E-state index is 0.0863. The Labute approximate surface area is 154 Å². The zero-order chi connectivity index (χ0) is 18.9. The summed E-state index contributed by atoms with van der Waals surface area (Å²) in [6.45, 7) is 4.00. The predicted molar refractivity (Wildman–Crippen MR) is 105 cm³/mol. The van der Waals surface area contributed by atoms with Gasteiger partial charge in [0, 0.05) is 6.08 Å². The monoisotopic (exact) mass is 351 g/mol. The van der Waals surface area contributed by atoms with Crippen molar-refractivity contribution in [3.63, 3.8) is 0 Å². The fourth-order valence-electron chi connectivity index (χ4n) is 2.66. The van der Waals surface area contributed by atoms with E-state index in [-0.39, 0.29) is 11.5 Å². The van der Waals surface area contributed by atoms with Crippen molar-refractivity contribution in [1.82, 2.24) is 0 Å². The van der Waals surface area contributed by atoms with Crippen molar-refractivity contribution >= 4 is 23.6 Å². The van der Waals surface area contributed by atoms with E-state index >= 15 is 0 Å². The molecule has 0 unspecified atom stereocenters. The summed E-state index contributed by atoms with van der Waals surface area (Å²) in [5.74, 6) is -1.42. The van der Waals surface area contributed by atoms with Crippen LogP contribution in [0.4, 0.5) is 5.69 Å². The number of carboxylic acids is 1. The van der Waals surface area contributed by atoms with Gasteiger partial charge in [-0.2, -0.15) is 0 Å². The minimum Gasteiger partial charge on any atom is -0.478 e. The third-order valence-electron chi connectivity index (χ3n) is 4.14. The van der Waals surface area contributed by atoms with Gasteiger partial charge in [-0.05, 0) is 49.1 Å². The van der Waals surface area contributed by atoms with Crippen LogP contribution < -0.4 is 5.32 Å². The average molecular weight is 351 g/mol. The second-order valence-corrected chi connectivity index (χ2v) is 6.38. The van der Waals surface area contributed by atoms with Crippen LogP contribution in [0.15, 0.2) is 48.5 Å². The van der Waals surface area contributed by atoms with E-state index in [9.17, 15) is 14.7 Å². The van der Waals surface area contributed by atoms with Gasteiger partial charge in [0.15, 0.2) is 0 Å². The molecule has 26 heavy (non-hydrogen) atoms. The lowest BCUT2D eigenvalue weighted by atomic mass is 10.1. The van der Waals surface area contributed by atoms with Crippen LogP contribution in [0.1, 0.15) is 53.2 Å². The molecular formula is C22H25NO3. The van der Waals surface area contributed by atoms with E-state index in [1.807, 2.05) is 19.1 Å². The number of carbonyl (C=O) groups is 2. The van der Waals surface area contributed by atoms with Crippen molar-refractivity contribution in [2.24, 2.45) is 0 Å². The maximum absolute atomic E-state index is 12.1. The molecule has 0 saturated carbocycles. The first-order valence-corrected chi connectivity index (χ1v) is 8.91. The maximum atomic E-state index is 12.1. The van der Waals surface area contributed by atoms with Crippen molar-refractivity contribution in [1.29, 1.82) is 0 Å². The predicted octanol–water partition coefficient (Wildman–Crippen LogP) is 5.08.